The van der Waals surface area contributed by atoms with E-state index in [0.717, 1.165) is 18.4 Å². The third-order valence-electron chi connectivity index (χ3n) is 9.50. The summed E-state index contributed by atoms with van der Waals surface area (Å²) in [6.07, 6.45) is 4.80. The molecular weight excluding hydrogens is 1080 g/mol. The van der Waals surface area contributed by atoms with Crippen LogP contribution in [0.5, 0.6) is 0 Å². The number of amides is 9. The molecule has 0 unspecified atom stereocenters. The van der Waals surface area contributed by atoms with Crippen molar-refractivity contribution in [1.82, 2.24) is 47.9 Å². The molecule has 1 fully saturated rings. The zero-order valence-corrected chi connectivity index (χ0v) is 59.8. The minimum Gasteiger partial charge on any atom is -0.458 e. The second-order valence-electron chi connectivity index (χ2n) is 32.4. The first-order valence-electron chi connectivity index (χ1n) is 29.9. The van der Waals surface area contributed by atoms with Gasteiger partial charge in [-0.2, -0.15) is 0 Å². The van der Waals surface area contributed by atoms with E-state index in [4.69, 9.17) is 18.9 Å². The molecule has 1 saturated carbocycles. The largest absolute Gasteiger partial charge is 0.458 e. The van der Waals surface area contributed by atoms with E-state index in [-0.39, 0.29) is 86.8 Å². The Morgan fingerprint density at radius 1 is 0.435 bits per heavy atom. The minimum absolute atomic E-state index is 0.00752. The van der Waals surface area contributed by atoms with Crippen molar-refractivity contribution in [3.63, 3.8) is 0 Å². The molecule has 0 radical (unpaired) electrons. The van der Waals surface area contributed by atoms with E-state index in [1.807, 2.05) is 231 Å². The Labute approximate surface area is 517 Å². The SMILES string of the molecule is CC(C)(C)NC(=O)NC(C)(C)C.CC(C)(C)NC(=O)NC1(C)CCCCC1.CC(C)(C)NC(=O)N[C@@H](C(=O)OC(C)(C)C)C(C)(C)C.CC(C)(C)NC(=O)OC(C)(C)C.CC(C)(C)NC(=O)OCc1ccccc1.CC(C)OC(=O)NC(C)(C)C. The number of carbonyl (C=O) groups is 7. The van der Waals surface area contributed by atoms with Crippen LogP contribution in [0.25, 0.3) is 0 Å². The Kier molecular flexibility index (Phi) is 36.1. The third kappa shape index (κ3) is 62.7. The van der Waals surface area contributed by atoms with Crippen LogP contribution in [0.15, 0.2) is 30.3 Å². The highest BCUT2D eigenvalue weighted by Gasteiger charge is 2.37. The molecule has 9 N–H and O–H groups in total. The number of urea groups is 3. The van der Waals surface area contributed by atoms with Gasteiger partial charge in [-0.15, -0.1) is 0 Å². The van der Waals surface area contributed by atoms with E-state index >= 15 is 0 Å². The highest BCUT2D eigenvalue weighted by atomic mass is 16.6. The molecule has 0 saturated heterocycles. The number of hydrogen-bond donors (Lipinski definition) is 9. The van der Waals surface area contributed by atoms with Crippen LogP contribution in [0.1, 0.15) is 266 Å². The highest BCUT2D eigenvalue weighted by molar-refractivity contribution is 5.84. The summed E-state index contributed by atoms with van der Waals surface area (Å²) in [5.74, 6) is -0.422. The average Bonchev–Trinajstić information content (AvgIpc) is 3.17. The van der Waals surface area contributed by atoms with Crippen LogP contribution in [0.4, 0.5) is 28.8 Å². The molecule has 20 heteroatoms. The Balaban J connectivity index is -0.000000469. The predicted octanol–water partition coefficient (Wildman–Crippen LogP) is 14.5. The topological polar surface area (TPSA) is 265 Å². The zero-order valence-electron chi connectivity index (χ0n) is 59.8. The molecule has 498 valence electrons. The van der Waals surface area contributed by atoms with Gasteiger partial charge in [0.2, 0.25) is 0 Å². The molecule has 1 aliphatic rings. The van der Waals surface area contributed by atoms with Crippen molar-refractivity contribution >= 4 is 42.3 Å². The third-order valence-corrected chi connectivity index (χ3v) is 9.50. The van der Waals surface area contributed by atoms with Crippen molar-refractivity contribution in [1.29, 1.82) is 0 Å². The lowest BCUT2D eigenvalue weighted by Crippen LogP contribution is -2.56. The summed E-state index contributed by atoms with van der Waals surface area (Å²) in [6, 6.07) is 8.38. The van der Waals surface area contributed by atoms with Gasteiger partial charge < -0.3 is 66.8 Å². The molecule has 2 rings (SSSR count). The standard InChI is InChI=1S/C15H30N2O3.C12H24N2O.C12H17NO2.C9H20N2O.C9H19NO2.C8H17NO2/c1-13(2,3)10(11(18)20-15(7,8)9)16-12(19)17-14(4,5)6;1-11(2,3)13-10(15)14-12(4)8-6-5-7-9-12;1-12(2,3)13-11(14)15-9-10-7-5-4-6-8-10;1-8(2,3)10-7(12)11-9(4,5)6;1-8(2,3)10-7(11)12-9(4,5)6;1-6(2)11-7(10)9-8(3,4)5/h10H,1-9H3,(H2,16,17,19);5-9H2,1-4H3,(H2,13,14,15);4-8H,9H2,1-3H3,(H,13,14);1-6H3,(H2,10,11,12);1-6H3,(H,10,11);6H,1-5H3,(H,9,10)/t10-;;;;;/m0...../s1. The summed E-state index contributed by atoms with van der Waals surface area (Å²) in [7, 11) is 0. The Morgan fingerprint density at radius 3 is 1.12 bits per heavy atom. The van der Waals surface area contributed by atoms with Gasteiger partial charge in [-0.3, -0.25) is 0 Å². The number of ether oxygens (including phenoxy) is 4. The monoisotopic (exact) mass is 1210 g/mol. The van der Waals surface area contributed by atoms with Crippen molar-refractivity contribution in [2.45, 2.75) is 335 Å². The summed E-state index contributed by atoms with van der Waals surface area (Å²) < 4.78 is 20.4. The number of esters is 1. The average molecular weight is 1210 g/mol. The first-order chi connectivity index (χ1) is 37.4. The number of benzene rings is 1. The first-order valence-corrected chi connectivity index (χ1v) is 29.9. The molecule has 0 aromatic heterocycles. The number of alkyl carbamates (subject to hydrolysis) is 3. The Morgan fingerprint density at radius 2 is 0.776 bits per heavy atom. The van der Waals surface area contributed by atoms with Gasteiger partial charge in [0.15, 0.2) is 0 Å². The van der Waals surface area contributed by atoms with Crippen LogP contribution in [-0.4, -0.2) is 110 Å². The van der Waals surface area contributed by atoms with E-state index in [2.05, 4.69) is 54.8 Å². The van der Waals surface area contributed by atoms with E-state index in [0.29, 0.717) is 6.61 Å². The molecule has 1 aliphatic carbocycles. The minimum atomic E-state index is -0.705. The van der Waals surface area contributed by atoms with E-state index in [1.165, 1.54) is 19.3 Å². The maximum Gasteiger partial charge on any atom is 0.408 e. The van der Waals surface area contributed by atoms with Gasteiger partial charge in [0, 0.05) is 44.3 Å². The summed E-state index contributed by atoms with van der Waals surface area (Å²) in [5, 5.41) is 25.3. The fourth-order valence-electron chi connectivity index (χ4n) is 6.54. The normalized spacial score (nSPS) is 14.0. The van der Waals surface area contributed by atoms with E-state index in [1.54, 1.807) is 20.8 Å². The van der Waals surface area contributed by atoms with Crippen molar-refractivity contribution in [2.24, 2.45) is 5.41 Å². The van der Waals surface area contributed by atoms with E-state index < -0.39 is 28.6 Å². The van der Waals surface area contributed by atoms with Crippen molar-refractivity contribution < 1.29 is 52.5 Å². The molecule has 85 heavy (non-hydrogen) atoms. The highest BCUT2D eigenvalue weighted by Crippen LogP contribution is 2.27. The maximum absolute atomic E-state index is 12.2. The predicted molar refractivity (Wildman–Crippen MR) is 348 cm³/mol. The van der Waals surface area contributed by atoms with Gasteiger partial charge >= 0.3 is 42.3 Å². The summed E-state index contributed by atoms with van der Waals surface area (Å²) in [6.45, 7) is 63.3. The molecular formula is C65H127N9O11. The molecule has 9 amide bonds. The Bertz CT molecular complexity index is 2050. The van der Waals surface area contributed by atoms with Gasteiger partial charge in [-0.05, 0) is 232 Å². The quantitative estimate of drug-likeness (QED) is 0.0955. The van der Waals surface area contributed by atoms with E-state index in [9.17, 15) is 33.6 Å². The summed E-state index contributed by atoms with van der Waals surface area (Å²) >= 11 is 0. The molecule has 0 heterocycles. The number of rotatable bonds is 6. The smallest absolute Gasteiger partial charge is 0.408 e. The summed E-state index contributed by atoms with van der Waals surface area (Å²) in [4.78, 5) is 80.5. The molecule has 1 atom stereocenters. The van der Waals surface area contributed by atoms with Crippen molar-refractivity contribution in [3.8, 4) is 0 Å². The molecule has 0 aliphatic heterocycles. The van der Waals surface area contributed by atoms with Crippen LogP contribution in [0.2, 0.25) is 0 Å². The molecule has 0 spiro atoms. The van der Waals surface area contributed by atoms with Crippen LogP contribution in [0.3, 0.4) is 0 Å². The van der Waals surface area contributed by atoms with Gasteiger partial charge in [0.1, 0.15) is 23.9 Å². The lowest BCUT2D eigenvalue weighted by atomic mass is 9.83. The second kappa shape index (κ2) is 35.8. The van der Waals surface area contributed by atoms with Gasteiger partial charge in [0.05, 0.1) is 6.10 Å². The lowest BCUT2D eigenvalue weighted by molar-refractivity contribution is -0.160. The Hall–Kier alpha value is -5.69. The fourth-order valence-corrected chi connectivity index (χ4v) is 6.54. The number of nitrogens with one attached hydrogen (secondary N) is 9. The second-order valence-corrected chi connectivity index (χ2v) is 32.4. The van der Waals surface area contributed by atoms with Crippen LogP contribution >= 0.6 is 0 Å². The van der Waals surface area contributed by atoms with Crippen molar-refractivity contribution in [2.75, 3.05) is 0 Å². The maximum atomic E-state index is 12.2. The van der Waals surface area contributed by atoms with Crippen LogP contribution < -0.4 is 47.9 Å². The summed E-state index contributed by atoms with van der Waals surface area (Å²) in [5.41, 5.74) is -2.01. The number of hydrogen-bond acceptors (Lipinski definition) is 11. The fraction of sp³-hybridized carbons (Fsp3) is 0.800. The molecule has 1 aromatic rings. The molecule has 1 aromatic carbocycles. The first kappa shape index (κ1) is 85.8. The van der Waals surface area contributed by atoms with Gasteiger partial charge in [0.25, 0.3) is 0 Å². The number of carbonyl (C=O) groups excluding carboxylic acids is 7. The van der Waals surface area contributed by atoms with Crippen LogP contribution in [-0.2, 0) is 30.3 Å². The van der Waals surface area contributed by atoms with Crippen LogP contribution in [0, 0.1) is 5.41 Å². The molecule has 0 bridgehead atoms. The zero-order chi connectivity index (χ0) is 68.2. The lowest BCUT2D eigenvalue weighted by Gasteiger charge is -2.35. The van der Waals surface area contributed by atoms with Gasteiger partial charge in [-0.1, -0.05) is 70.4 Å². The van der Waals surface area contributed by atoms with Gasteiger partial charge in [-0.25, -0.2) is 33.6 Å². The molecule has 20 nitrogen and oxygen atoms in total. The van der Waals surface area contributed by atoms with Crippen molar-refractivity contribution in [3.05, 3.63) is 35.9 Å².